The van der Waals surface area contributed by atoms with Gasteiger partial charge < -0.3 is 5.11 Å². The predicted octanol–water partition coefficient (Wildman–Crippen LogP) is 1.81. The molecule has 0 atom stereocenters. The molecule has 0 aromatic carbocycles. The largest absolute Gasteiger partial charge is 0.396 e. The molecule has 0 bridgehead atoms. The Morgan fingerprint density at radius 2 is 2.10 bits per heavy atom. The molecule has 0 heterocycles. The van der Waals surface area contributed by atoms with Crippen LogP contribution in [0.15, 0.2) is 0 Å². The fraction of sp³-hybridized carbons (Fsp3) is 0.778. The van der Waals surface area contributed by atoms with Gasteiger partial charge in [-0.2, -0.15) is 0 Å². The summed E-state index contributed by atoms with van der Waals surface area (Å²) in [5.74, 6) is 2.58. The zero-order valence-electron chi connectivity index (χ0n) is 6.85. The number of unbranched alkanes of at least 4 members (excludes halogenated alkanes) is 1. The van der Waals surface area contributed by atoms with Gasteiger partial charge in [0.15, 0.2) is 0 Å². The molecule has 1 heteroatoms. The zero-order valence-corrected chi connectivity index (χ0v) is 6.85. The molecule has 0 aromatic heterocycles. The van der Waals surface area contributed by atoms with Gasteiger partial charge >= 0.3 is 0 Å². The van der Waals surface area contributed by atoms with E-state index >= 15 is 0 Å². The van der Waals surface area contributed by atoms with Gasteiger partial charge in [0.05, 0.1) is 0 Å². The standard InChI is InChI=1S/C9H16O/c1-4-5-6-7-9(2,3)8-10/h1,10H,5-8H2,2-3H3. The first-order valence-electron chi connectivity index (χ1n) is 3.67. The van der Waals surface area contributed by atoms with E-state index in [4.69, 9.17) is 11.5 Å². The second-order valence-electron chi connectivity index (χ2n) is 3.38. The van der Waals surface area contributed by atoms with Crippen LogP contribution in [-0.2, 0) is 0 Å². The summed E-state index contributed by atoms with van der Waals surface area (Å²) in [7, 11) is 0. The van der Waals surface area contributed by atoms with E-state index in [0.717, 1.165) is 19.3 Å². The van der Waals surface area contributed by atoms with Crippen molar-refractivity contribution in [3.63, 3.8) is 0 Å². The second kappa shape index (κ2) is 4.35. The molecule has 0 radical (unpaired) electrons. The molecule has 0 spiro atoms. The Morgan fingerprint density at radius 3 is 2.50 bits per heavy atom. The fourth-order valence-electron chi connectivity index (χ4n) is 0.748. The van der Waals surface area contributed by atoms with Crippen LogP contribution in [0.4, 0.5) is 0 Å². The van der Waals surface area contributed by atoms with Gasteiger partial charge in [-0.15, -0.1) is 12.3 Å². The van der Waals surface area contributed by atoms with Crippen LogP contribution in [-0.4, -0.2) is 11.7 Å². The van der Waals surface area contributed by atoms with Gasteiger partial charge in [-0.25, -0.2) is 0 Å². The SMILES string of the molecule is C#CCCCC(C)(C)CO. The Bertz CT molecular complexity index is 119. The van der Waals surface area contributed by atoms with Crippen molar-refractivity contribution in [2.75, 3.05) is 6.61 Å². The molecule has 10 heavy (non-hydrogen) atoms. The van der Waals surface area contributed by atoms with Gasteiger partial charge in [-0.05, 0) is 18.3 Å². The lowest BCUT2D eigenvalue weighted by atomic mass is 9.88. The lowest BCUT2D eigenvalue weighted by Crippen LogP contribution is -2.15. The van der Waals surface area contributed by atoms with Crippen molar-refractivity contribution in [3.05, 3.63) is 0 Å². The van der Waals surface area contributed by atoms with E-state index in [1.54, 1.807) is 0 Å². The van der Waals surface area contributed by atoms with E-state index in [2.05, 4.69) is 5.92 Å². The highest BCUT2D eigenvalue weighted by Gasteiger charge is 2.14. The molecule has 0 aliphatic carbocycles. The highest BCUT2D eigenvalue weighted by Crippen LogP contribution is 2.21. The molecule has 0 unspecified atom stereocenters. The molecule has 0 aromatic rings. The molecule has 0 saturated carbocycles. The molecular weight excluding hydrogens is 124 g/mol. The van der Waals surface area contributed by atoms with Crippen molar-refractivity contribution < 1.29 is 5.11 Å². The van der Waals surface area contributed by atoms with Gasteiger partial charge in [0.2, 0.25) is 0 Å². The quantitative estimate of drug-likeness (QED) is 0.466. The summed E-state index contributed by atoms with van der Waals surface area (Å²) < 4.78 is 0. The van der Waals surface area contributed by atoms with E-state index < -0.39 is 0 Å². The topological polar surface area (TPSA) is 20.2 Å². The van der Waals surface area contributed by atoms with E-state index in [0.29, 0.717) is 0 Å². The van der Waals surface area contributed by atoms with Crippen molar-refractivity contribution in [1.29, 1.82) is 0 Å². The number of hydrogen-bond acceptors (Lipinski definition) is 1. The van der Waals surface area contributed by atoms with Gasteiger partial charge in [-0.3, -0.25) is 0 Å². The van der Waals surface area contributed by atoms with Crippen molar-refractivity contribution in [1.82, 2.24) is 0 Å². The summed E-state index contributed by atoms with van der Waals surface area (Å²) in [6, 6.07) is 0. The molecule has 1 nitrogen and oxygen atoms in total. The molecule has 0 amide bonds. The van der Waals surface area contributed by atoms with Crippen LogP contribution in [0.5, 0.6) is 0 Å². The Labute approximate surface area is 63.5 Å². The maximum Gasteiger partial charge on any atom is 0.0482 e. The first-order valence-corrected chi connectivity index (χ1v) is 3.67. The number of rotatable bonds is 4. The Morgan fingerprint density at radius 1 is 1.50 bits per heavy atom. The third-order valence-electron chi connectivity index (χ3n) is 1.60. The van der Waals surface area contributed by atoms with Gasteiger partial charge in [0.25, 0.3) is 0 Å². The van der Waals surface area contributed by atoms with Crippen molar-refractivity contribution in [2.45, 2.75) is 33.1 Å². The zero-order chi connectivity index (χ0) is 8.04. The summed E-state index contributed by atoms with van der Waals surface area (Å²) >= 11 is 0. The maximum absolute atomic E-state index is 8.84. The highest BCUT2D eigenvalue weighted by atomic mass is 16.3. The number of terminal acetylenes is 1. The van der Waals surface area contributed by atoms with Crippen LogP contribution < -0.4 is 0 Å². The highest BCUT2D eigenvalue weighted by molar-refractivity contribution is 4.84. The molecule has 0 aliphatic heterocycles. The third kappa shape index (κ3) is 4.40. The lowest BCUT2D eigenvalue weighted by molar-refractivity contribution is 0.148. The van der Waals surface area contributed by atoms with Crippen LogP contribution in [0, 0.1) is 17.8 Å². The summed E-state index contributed by atoms with van der Waals surface area (Å²) in [6.45, 7) is 4.34. The Kier molecular flexibility index (Phi) is 4.14. The summed E-state index contributed by atoms with van der Waals surface area (Å²) in [5, 5.41) is 8.84. The van der Waals surface area contributed by atoms with Crippen molar-refractivity contribution in [3.8, 4) is 12.3 Å². The van der Waals surface area contributed by atoms with E-state index in [-0.39, 0.29) is 12.0 Å². The van der Waals surface area contributed by atoms with Crippen LogP contribution in [0.2, 0.25) is 0 Å². The lowest BCUT2D eigenvalue weighted by Gasteiger charge is -2.20. The average molecular weight is 140 g/mol. The first kappa shape index (κ1) is 9.52. The number of hydrogen-bond donors (Lipinski definition) is 1. The normalized spacial score (nSPS) is 11.0. The average Bonchev–Trinajstić information content (AvgIpc) is 1.89. The molecule has 58 valence electrons. The monoisotopic (exact) mass is 140 g/mol. The molecule has 0 aliphatic rings. The first-order chi connectivity index (χ1) is 4.62. The van der Waals surface area contributed by atoms with Crippen LogP contribution >= 0.6 is 0 Å². The fourth-order valence-corrected chi connectivity index (χ4v) is 0.748. The molecule has 0 saturated heterocycles. The van der Waals surface area contributed by atoms with E-state index in [1.807, 2.05) is 13.8 Å². The van der Waals surface area contributed by atoms with Crippen LogP contribution in [0.25, 0.3) is 0 Å². The van der Waals surface area contributed by atoms with Gasteiger partial charge in [-0.1, -0.05) is 13.8 Å². The summed E-state index contributed by atoms with van der Waals surface area (Å²) in [4.78, 5) is 0. The minimum atomic E-state index is 0.0524. The summed E-state index contributed by atoms with van der Waals surface area (Å²) in [5.41, 5.74) is 0.0524. The molecule has 1 N–H and O–H groups in total. The molecule has 0 fully saturated rings. The van der Waals surface area contributed by atoms with Crippen LogP contribution in [0.3, 0.4) is 0 Å². The van der Waals surface area contributed by atoms with Crippen molar-refractivity contribution >= 4 is 0 Å². The minimum absolute atomic E-state index is 0.0524. The smallest absolute Gasteiger partial charge is 0.0482 e. The summed E-state index contributed by atoms with van der Waals surface area (Å²) in [6.07, 6.45) is 7.94. The van der Waals surface area contributed by atoms with Crippen LogP contribution in [0.1, 0.15) is 33.1 Å². The Balaban J connectivity index is 3.39. The van der Waals surface area contributed by atoms with Gasteiger partial charge in [0, 0.05) is 13.0 Å². The molecule has 0 rings (SSSR count). The second-order valence-corrected chi connectivity index (χ2v) is 3.38. The number of aliphatic hydroxyl groups excluding tert-OH is 1. The predicted molar refractivity (Wildman–Crippen MR) is 43.6 cm³/mol. The third-order valence-corrected chi connectivity index (χ3v) is 1.60. The Hall–Kier alpha value is -0.480. The van der Waals surface area contributed by atoms with E-state index in [9.17, 15) is 0 Å². The van der Waals surface area contributed by atoms with Crippen molar-refractivity contribution in [2.24, 2.45) is 5.41 Å². The number of aliphatic hydroxyl groups is 1. The maximum atomic E-state index is 8.84. The molecular formula is C9H16O. The van der Waals surface area contributed by atoms with E-state index in [1.165, 1.54) is 0 Å². The van der Waals surface area contributed by atoms with Gasteiger partial charge in [0.1, 0.15) is 0 Å². The minimum Gasteiger partial charge on any atom is -0.396 e.